The smallest absolute Gasteiger partial charge is 0.254 e. The first-order chi connectivity index (χ1) is 11.7. The molecule has 0 aromatic carbocycles. The molecule has 1 aromatic rings. The lowest BCUT2D eigenvalue weighted by atomic mass is 9.66. The zero-order valence-electron chi connectivity index (χ0n) is 16.3. The van der Waals surface area contributed by atoms with Gasteiger partial charge in [-0.15, -0.1) is 11.3 Å². The van der Waals surface area contributed by atoms with Crippen LogP contribution in [0.3, 0.4) is 0 Å². The van der Waals surface area contributed by atoms with Crippen LogP contribution in [0.2, 0.25) is 0 Å². The van der Waals surface area contributed by atoms with Crippen LogP contribution < -0.4 is 0 Å². The van der Waals surface area contributed by atoms with Gasteiger partial charge in [0.25, 0.3) is 5.91 Å². The number of carbonyl (C=O) groups is 1. The van der Waals surface area contributed by atoms with Crippen LogP contribution in [0, 0.1) is 5.41 Å². The van der Waals surface area contributed by atoms with Crippen molar-refractivity contribution in [3.63, 3.8) is 0 Å². The molecular formula is C20H32N2O2S. The van der Waals surface area contributed by atoms with Gasteiger partial charge in [-0.25, -0.2) is 0 Å². The molecule has 0 bridgehead atoms. The molecule has 4 nitrogen and oxygen atoms in total. The van der Waals surface area contributed by atoms with E-state index < -0.39 is 5.60 Å². The van der Waals surface area contributed by atoms with Crippen LogP contribution in [-0.2, 0) is 15.1 Å². The molecular weight excluding hydrogens is 332 g/mol. The molecule has 1 aromatic heterocycles. The molecule has 1 aliphatic heterocycles. The number of likely N-dealkylation sites (tertiary alicyclic amines) is 1. The van der Waals surface area contributed by atoms with Crippen molar-refractivity contribution >= 4 is 17.2 Å². The molecule has 2 aliphatic rings. The van der Waals surface area contributed by atoms with E-state index >= 15 is 0 Å². The maximum absolute atomic E-state index is 12.7. The predicted octanol–water partition coefficient (Wildman–Crippen LogP) is 3.72. The van der Waals surface area contributed by atoms with Crippen molar-refractivity contribution < 1.29 is 9.53 Å². The number of hydrogen-bond donors (Lipinski definition) is 0. The third-order valence-electron chi connectivity index (χ3n) is 6.72. The summed E-state index contributed by atoms with van der Waals surface area (Å²) in [6.45, 7) is 5.51. The van der Waals surface area contributed by atoms with Gasteiger partial charge >= 0.3 is 0 Å². The molecule has 0 N–H and O–H groups in total. The number of carbonyl (C=O) groups excluding carboxylic acids is 1. The van der Waals surface area contributed by atoms with Crippen molar-refractivity contribution in [3.8, 4) is 0 Å². The molecule has 1 spiro atoms. The standard InChI is InChI=1S/C20H32N2O2S/c1-18(2,24-5)17(23)22-13-12-19(15-22)8-10-20(11-9-19,21(3)4)16-7-6-14-25-16/h6-7,14H,8-13,15H2,1-5H3. The average molecular weight is 365 g/mol. The highest BCUT2D eigenvalue weighted by molar-refractivity contribution is 7.10. The summed E-state index contributed by atoms with van der Waals surface area (Å²) in [6, 6.07) is 4.45. The first kappa shape index (κ1) is 18.9. The molecule has 5 heteroatoms. The number of ether oxygens (including phenoxy) is 1. The summed E-state index contributed by atoms with van der Waals surface area (Å²) in [5, 5.41) is 2.19. The van der Waals surface area contributed by atoms with Crippen LogP contribution in [0.25, 0.3) is 0 Å². The molecule has 2 heterocycles. The Kier molecular flexibility index (Phi) is 5.04. The minimum absolute atomic E-state index is 0.134. The Hall–Kier alpha value is -0.910. The zero-order chi connectivity index (χ0) is 18.3. The number of nitrogens with zero attached hydrogens (tertiary/aromatic N) is 2. The van der Waals surface area contributed by atoms with E-state index in [1.807, 2.05) is 30.1 Å². The lowest BCUT2D eigenvalue weighted by Gasteiger charge is -2.48. The molecule has 0 unspecified atom stereocenters. The maximum atomic E-state index is 12.7. The van der Waals surface area contributed by atoms with Crippen molar-refractivity contribution in [2.45, 2.75) is 57.1 Å². The van der Waals surface area contributed by atoms with E-state index in [1.165, 1.54) is 30.6 Å². The Morgan fingerprint density at radius 1 is 1.24 bits per heavy atom. The second-order valence-corrected chi connectivity index (χ2v) is 9.54. The van der Waals surface area contributed by atoms with Crippen LogP contribution in [0.1, 0.15) is 50.8 Å². The number of amides is 1. The molecule has 2 fully saturated rings. The Balaban J connectivity index is 1.71. The highest BCUT2D eigenvalue weighted by atomic mass is 32.1. The third-order valence-corrected chi connectivity index (χ3v) is 7.79. The second kappa shape index (κ2) is 6.67. The molecule has 25 heavy (non-hydrogen) atoms. The summed E-state index contributed by atoms with van der Waals surface area (Å²) in [5.41, 5.74) is -0.247. The van der Waals surface area contributed by atoms with Gasteiger partial charge in [0, 0.05) is 25.1 Å². The fourth-order valence-electron chi connectivity index (χ4n) is 4.64. The van der Waals surface area contributed by atoms with E-state index in [1.54, 1.807) is 7.11 Å². The van der Waals surface area contributed by atoms with Gasteiger partial charge in [-0.3, -0.25) is 9.69 Å². The predicted molar refractivity (Wildman–Crippen MR) is 103 cm³/mol. The minimum Gasteiger partial charge on any atom is -0.369 e. The van der Waals surface area contributed by atoms with Crippen molar-refractivity contribution in [2.24, 2.45) is 5.41 Å². The number of rotatable bonds is 4. The number of hydrogen-bond acceptors (Lipinski definition) is 4. The fourth-order valence-corrected chi connectivity index (χ4v) is 5.70. The Morgan fingerprint density at radius 3 is 2.44 bits per heavy atom. The second-order valence-electron chi connectivity index (χ2n) is 8.59. The van der Waals surface area contributed by atoms with Crippen molar-refractivity contribution in [1.82, 2.24) is 9.80 Å². The summed E-state index contributed by atoms with van der Waals surface area (Å²) in [4.78, 5) is 18.7. The summed E-state index contributed by atoms with van der Waals surface area (Å²) in [6.07, 6.45) is 5.87. The number of methoxy groups -OCH3 is 1. The van der Waals surface area contributed by atoms with Crippen molar-refractivity contribution in [3.05, 3.63) is 22.4 Å². The highest BCUT2D eigenvalue weighted by Gasteiger charge is 2.49. The lowest BCUT2D eigenvalue weighted by molar-refractivity contribution is -0.150. The van der Waals surface area contributed by atoms with Crippen molar-refractivity contribution in [1.29, 1.82) is 0 Å². The van der Waals surface area contributed by atoms with Gasteiger partial charge in [-0.2, -0.15) is 0 Å². The Morgan fingerprint density at radius 2 is 1.92 bits per heavy atom. The van der Waals surface area contributed by atoms with Gasteiger partial charge in [0.1, 0.15) is 5.60 Å². The van der Waals surface area contributed by atoms with Crippen molar-refractivity contribution in [2.75, 3.05) is 34.3 Å². The number of thiophene rings is 1. The van der Waals surface area contributed by atoms with Gasteiger partial charge in [0.15, 0.2) is 0 Å². The summed E-state index contributed by atoms with van der Waals surface area (Å²) >= 11 is 1.88. The fraction of sp³-hybridized carbons (Fsp3) is 0.750. The zero-order valence-corrected chi connectivity index (χ0v) is 17.1. The summed E-state index contributed by atoms with van der Waals surface area (Å²) in [7, 11) is 6.05. The monoisotopic (exact) mass is 364 g/mol. The Bertz CT molecular complexity index is 601. The first-order valence-electron chi connectivity index (χ1n) is 9.31. The summed E-state index contributed by atoms with van der Waals surface area (Å²) in [5.74, 6) is 0.134. The molecule has 1 saturated heterocycles. The molecule has 3 rings (SSSR count). The summed E-state index contributed by atoms with van der Waals surface area (Å²) < 4.78 is 5.40. The maximum Gasteiger partial charge on any atom is 0.254 e. The molecule has 0 radical (unpaired) electrons. The van der Waals surface area contributed by atoms with Gasteiger partial charge < -0.3 is 9.64 Å². The molecule has 1 amide bonds. The Labute approximate surface area is 156 Å². The van der Waals surface area contributed by atoms with Gasteiger partial charge in [-0.1, -0.05) is 6.07 Å². The molecule has 1 saturated carbocycles. The largest absolute Gasteiger partial charge is 0.369 e. The normalized spacial score (nSPS) is 30.4. The van der Waals surface area contributed by atoms with E-state index in [2.05, 4.69) is 36.5 Å². The van der Waals surface area contributed by atoms with E-state index in [9.17, 15) is 4.79 Å². The molecule has 0 atom stereocenters. The van der Waals surface area contributed by atoms with Crippen LogP contribution in [-0.4, -0.2) is 55.6 Å². The molecule has 140 valence electrons. The SMILES string of the molecule is COC(C)(C)C(=O)N1CCC2(CCC(c3cccs3)(N(C)C)CC2)C1. The topological polar surface area (TPSA) is 32.8 Å². The van der Waals surface area contributed by atoms with Crippen LogP contribution in [0.5, 0.6) is 0 Å². The van der Waals surface area contributed by atoms with Crippen LogP contribution >= 0.6 is 11.3 Å². The average Bonchev–Trinajstić information content (AvgIpc) is 3.26. The lowest BCUT2D eigenvalue weighted by Crippen LogP contribution is -2.49. The van der Waals surface area contributed by atoms with Crippen LogP contribution in [0.15, 0.2) is 17.5 Å². The first-order valence-corrected chi connectivity index (χ1v) is 10.2. The van der Waals surface area contributed by atoms with Gasteiger partial charge in [0.2, 0.25) is 0 Å². The third kappa shape index (κ3) is 3.26. The van der Waals surface area contributed by atoms with Gasteiger partial charge in [0.05, 0.1) is 5.54 Å². The van der Waals surface area contributed by atoms with E-state index in [4.69, 9.17) is 4.74 Å². The van der Waals surface area contributed by atoms with E-state index in [0.717, 1.165) is 19.5 Å². The minimum atomic E-state index is -0.718. The van der Waals surface area contributed by atoms with Crippen LogP contribution in [0.4, 0.5) is 0 Å². The van der Waals surface area contributed by atoms with Gasteiger partial charge in [-0.05, 0) is 76.9 Å². The van der Waals surface area contributed by atoms with E-state index in [0.29, 0.717) is 5.41 Å². The highest BCUT2D eigenvalue weighted by Crippen LogP contribution is 2.52. The quantitative estimate of drug-likeness (QED) is 0.816. The molecule has 1 aliphatic carbocycles. The van der Waals surface area contributed by atoms with E-state index in [-0.39, 0.29) is 11.4 Å².